The van der Waals surface area contributed by atoms with E-state index in [2.05, 4.69) is 36.9 Å². The lowest BCUT2D eigenvalue weighted by Gasteiger charge is -2.34. The normalized spacial score (nSPS) is 16.2. The van der Waals surface area contributed by atoms with Crippen molar-refractivity contribution in [1.82, 2.24) is 9.21 Å². The van der Waals surface area contributed by atoms with Crippen molar-refractivity contribution in [2.75, 3.05) is 39.3 Å². The highest BCUT2D eigenvalue weighted by atomic mass is 32.2. The molecule has 0 N–H and O–H groups in total. The number of sulfonamides is 1. The second kappa shape index (κ2) is 9.07. The minimum atomic E-state index is -3.39. The molecule has 1 saturated heterocycles. The molecule has 5 nitrogen and oxygen atoms in total. The molecule has 2 aromatic rings. The van der Waals surface area contributed by atoms with E-state index in [0.29, 0.717) is 24.6 Å². The summed E-state index contributed by atoms with van der Waals surface area (Å²) in [6.07, 6.45) is 0.929. The second-order valence-corrected chi connectivity index (χ2v) is 9.47. The average Bonchev–Trinajstić information content (AvgIpc) is 2.68. The number of piperazine rings is 1. The van der Waals surface area contributed by atoms with Gasteiger partial charge in [-0.1, -0.05) is 29.8 Å². The highest BCUT2D eigenvalue weighted by Gasteiger charge is 2.28. The molecule has 6 heteroatoms. The number of aryl methyl sites for hydroxylation is 3. The zero-order valence-electron chi connectivity index (χ0n) is 17.0. The van der Waals surface area contributed by atoms with E-state index in [-0.39, 0.29) is 0 Å². The van der Waals surface area contributed by atoms with Crippen LogP contribution in [0.4, 0.5) is 0 Å². The SMILES string of the molecule is Cc1ccc(S(=O)(=O)N2CCN(CCCOc3cc(C)ccc3C)CC2)cc1. The van der Waals surface area contributed by atoms with Crippen molar-refractivity contribution in [3.8, 4) is 5.75 Å². The molecule has 1 fully saturated rings. The monoisotopic (exact) mass is 402 g/mol. The Morgan fingerprint density at radius 2 is 1.54 bits per heavy atom. The van der Waals surface area contributed by atoms with E-state index in [1.807, 2.05) is 19.1 Å². The van der Waals surface area contributed by atoms with Crippen molar-refractivity contribution in [3.05, 3.63) is 59.2 Å². The second-order valence-electron chi connectivity index (χ2n) is 7.53. The minimum Gasteiger partial charge on any atom is -0.493 e. The van der Waals surface area contributed by atoms with Gasteiger partial charge in [-0.15, -0.1) is 0 Å². The lowest BCUT2D eigenvalue weighted by Crippen LogP contribution is -2.48. The predicted octanol–water partition coefficient (Wildman–Crippen LogP) is 3.39. The molecule has 1 heterocycles. The van der Waals surface area contributed by atoms with Gasteiger partial charge in [-0.25, -0.2) is 8.42 Å². The maximum absolute atomic E-state index is 12.8. The third-order valence-corrected chi connectivity index (χ3v) is 7.12. The highest BCUT2D eigenvalue weighted by molar-refractivity contribution is 7.89. The van der Waals surface area contributed by atoms with Gasteiger partial charge in [-0.05, 0) is 56.5 Å². The van der Waals surface area contributed by atoms with Crippen LogP contribution in [0.5, 0.6) is 5.75 Å². The van der Waals surface area contributed by atoms with Gasteiger partial charge in [0.05, 0.1) is 11.5 Å². The third kappa shape index (κ3) is 5.13. The molecule has 152 valence electrons. The lowest BCUT2D eigenvalue weighted by molar-refractivity contribution is 0.174. The Bertz CT molecular complexity index is 886. The first-order chi connectivity index (χ1) is 13.4. The highest BCUT2D eigenvalue weighted by Crippen LogP contribution is 2.20. The third-order valence-electron chi connectivity index (χ3n) is 5.21. The van der Waals surface area contributed by atoms with E-state index in [9.17, 15) is 8.42 Å². The number of rotatable bonds is 7. The molecule has 1 aliphatic rings. The molecule has 0 saturated carbocycles. The summed E-state index contributed by atoms with van der Waals surface area (Å²) in [4.78, 5) is 2.70. The summed E-state index contributed by atoms with van der Waals surface area (Å²) in [7, 11) is -3.39. The molecule has 0 spiro atoms. The maximum Gasteiger partial charge on any atom is 0.243 e. The zero-order chi connectivity index (χ0) is 20.1. The van der Waals surface area contributed by atoms with E-state index < -0.39 is 10.0 Å². The van der Waals surface area contributed by atoms with Gasteiger partial charge in [0.2, 0.25) is 10.0 Å². The van der Waals surface area contributed by atoms with Crippen molar-refractivity contribution in [1.29, 1.82) is 0 Å². The first-order valence-corrected chi connectivity index (χ1v) is 11.3. The molecular weight excluding hydrogens is 372 g/mol. The first-order valence-electron chi connectivity index (χ1n) is 9.85. The molecular formula is C22H30N2O3S. The number of ether oxygens (including phenoxy) is 1. The fourth-order valence-corrected chi connectivity index (χ4v) is 4.81. The Kier molecular flexibility index (Phi) is 6.75. The number of hydrogen-bond acceptors (Lipinski definition) is 4. The summed E-state index contributed by atoms with van der Waals surface area (Å²) in [5.41, 5.74) is 3.42. The van der Waals surface area contributed by atoms with Crippen LogP contribution in [0.2, 0.25) is 0 Å². The largest absolute Gasteiger partial charge is 0.493 e. The van der Waals surface area contributed by atoms with E-state index in [1.165, 1.54) is 5.56 Å². The summed E-state index contributed by atoms with van der Waals surface area (Å²) in [6.45, 7) is 10.3. The molecule has 0 amide bonds. The topological polar surface area (TPSA) is 49.9 Å². The van der Waals surface area contributed by atoms with Crippen molar-refractivity contribution < 1.29 is 13.2 Å². The van der Waals surface area contributed by atoms with Crippen LogP contribution in [0.15, 0.2) is 47.4 Å². The van der Waals surface area contributed by atoms with Crippen LogP contribution >= 0.6 is 0 Å². The standard InChI is InChI=1S/C22H30N2O3S/c1-18-6-9-21(10-7-18)28(25,26)24-14-12-23(13-15-24)11-4-16-27-22-17-19(2)5-8-20(22)3/h5-10,17H,4,11-16H2,1-3H3. The molecule has 0 atom stereocenters. The van der Waals surface area contributed by atoms with Crippen molar-refractivity contribution >= 4 is 10.0 Å². The Morgan fingerprint density at radius 3 is 2.21 bits per heavy atom. The predicted molar refractivity (Wildman–Crippen MR) is 112 cm³/mol. The van der Waals surface area contributed by atoms with Crippen LogP contribution in [0.1, 0.15) is 23.1 Å². The van der Waals surface area contributed by atoms with Gasteiger partial charge in [-0.2, -0.15) is 4.31 Å². The molecule has 0 radical (unpaired) electrons. The van der Waals surface area contributed by atoms with E-state index in [0.717, 1.165) is 42.9 Å². The summed E-state index contributed by atoms with van der Waals surface area (Å²) in [5.74, 6) is 0.953. The number of benzene rings is 2. The molecule has 3 rings (SSSR count). The average molecular weight is 403 g/mol. The first kappa shape index (κ1) is 20.8. The van der Waals surface area contributed by atoms with Crippen LogP contribution in [-0.4, -0.2) is 57.0 Å². The van der Waals surface area contributed by atoms with Gasteiger partial charge in [0.15, 0.2) is 0 Å². The van der Waals surface area contributed by atoms with Gasteiger partial charge in [0.1, 0.15) is 5.75 Å². The van der Waals surface area contributed by atoms with Crippen LogP contribution in [0, 0.1) is 20.8 Å². The summed E-state index contributed by atoms with van der Waals surface area (Å²) >= 11 is 0. The van der Waals surface area contributed by atoms with Gasteiger partial charge in [-0.3, -0.25) is 0 Å². The van der Waals surface area contributed by atoms with Crippen LogP contribution in [0.25, 0.3) is 0 Å². The molecule has 0 unspecified atom stereocenters. The Balaban J connectivity index is 1.44. The lowest BCUT2D eigenvalue weighted by atomic mass is 10.1. The van der Waals surface area contributed by atoms with Gasteiger partial charge in [0, 0.05) is 32.7 Å². The van der Waals surface area contributed by atoms with E-state index in [1.54, 1.807) is 16.4 Å². The van der Waals surface area contributed by atoms with Crippen LogP contribution in [0.3, 0.4) is 0 Å². The van der Waals surface area contributed by atoms with Crippen molar-refractivity contribution in [2.24, 2.45) is 0 Å². The molecule has 1 aliphatic heterocycles. The van der Waals surface area contributed by atoms with Gasteiger partial charge in [0.25, 0.3) is 0 Å². The fraction of sp³-hybridized carbons (Fsp3) is 0.455. The molecule has 2 aromatic carbocycles. The molecule has 28 heavy (non-hydrogen) atoms. The van der Waals surface area contributed by atoms with E-state index >= 15 is 0 Å². The van der Waals surface area contributed by atoms with Crippen LogP contribution < -0.4 is 4.74 Å². The van der Waals surface area contributed by atoms with Crippen molar-refractivity contribution in [3.63, 3.8) is 0 Å². The Labute approximate surface area is 169 Å². The smallest absolute Gasteiger partial charge is 0.243 e. The number of nitrogens with zero attached hydrogens (tertiary/aromatic N) is 2. The molecule has 0 aromatic heterocycles. The van der Waals surface area contributed by atoms with Crippen LogP contribution in [-0.2, 0) is 10.0 Å². The molecule has 0 aliphatic carbocycles. The summed E-state index contributed by atoms with van der Waals surface area (Å²) in [5, 5.41) is 0. The Hall–Kier alpha value is -1.89. The summed E-state index contributed by atoms with van der Waals surface area (Å²) < 4.78 is 33.1. The zero-order valence-corrected chi connectivity index (χ0v) is 17.8. The Morgan fingerprint density at radius 1 is 0.893 bits per heavy atom. The van der Waals surface area contributed by atoms with E-state index in [4.69, 9.17) is 4.74 Å². The van der Waals surface area contributed by atoms with Gasteiger partial charge >= 0.3 is 0 Å². The fourth-order valence-electron chi connectivity index (χ4n) is 3.39. The van der Waals surface area contributed by atoms with Crippen molar-refractivity contribution in [2.45, 2.75) is 32.1 Å². The summed E-state index contributed by atoms with van der Waals surface area (Å²) in [6, 6.07) is 13.3. The van der Waals surface area contributed by atoms with Gasteiger partial charge < -0.3 is 9.64 Å². The minimum absolute atomic E-state index is 0.383. The maximum atomic E-state index is 12.8. The number of hydrogen-bond donors (Lipinski definition) is 0. The molecule has 0 bridgehead atoms. The quantitative estimate of drug-likeness (QED) is 0.666.